The minimum atomic E-state index is -4.39. The van der Waals surface area contributed by atoms with Crippen LogP contribution < -0.4 is 11.1 Å². The molecule has 0 bridgehead atoms. The topological polar surface area (TPSA) is 190 Å². The number of esters is 1. The Balaban J connectivity index is 3.04. The van der Waals surface area contributed by atoms with Gasteiger partial charge in [0.1, 0.15) is 13.2 Å². The number of carbonyl (C=O) groups is 4. The smallest absolute Gasteiger partial charge is 0.308 e. The molecule has 0 saturated heterocycles. The number of ether oxygens (including phenoxy) is 1. The number of nitrogens with one attached hydrogen (secondary N) is 1. The van der Waals surface area contributed by atoms with Gasteiger partial charge in [0.05, 0.1) is 43.8 Å². The second-order valence-corrected chi connectivity index (χ2v) is 17.0. The maximum absolute atomic E-state index is 13.7. The molecule has 1 rings (SSSR count). The number of aliphatic carboxylic acids is 1. The summed E-state index contributed by atoms with van der Waals surface area (Å²) in [6.07, 6.45) is 10.3. The number of quaternary nitrogens is 1. The van der Waals surface area contributed by atoms with Crippen molar-refractivity contribution < 1.29 is 46.5 Å². The summed E-state index contributed by atoms with van der Waals surface area (Å²) in [6.45, 7) is 10.6. The lowest BCUT2D eigenvalue weighted by atomic mass is 9.74. The Labute approximate surface area is 289 Å². The molecule has 2 amide bonds. The van der Waals surface area contributed by atoms with Gasteiger partial charge in [0.25, 0.3) is 10.1 Å². The first-order valence-corrected chi connectivity index (χ1v) is 19.6. The number of hydrogen-bond donors (Lipinski definition) is 4. The van der Waals surface area contributed by atoms with Crippen LogP contribution in [0.25, 0.3) is 0 Å². The lowest BCUT2D eigenvalue weighted by Gasteiger charge is -2.32. The highest BCUT2D eigenvalue weighted by molar-refractivity contribution is 7.85. The van der Waals surface area contributed by atoms with E-state index < -0.39 is 68.8 Å². The fourth-order valence-corrected chi connectivity index (χ4v) is 8.22. The summed E-state index contributed by atoms with van der Waals surface area (Å²) in [6, 6.07) is 0. The number of unbranched alkanes of at least 4 members (excludes halogenated alkanes) is 5. The number of primary amides is 1. The zero-order valence-corrected chi connectivity index (χ0v) is 31.5. The standard InChI is InChI=1S/C35H65N3O9S/c1-8-10-11-12-13-14-18-38(6,7)19-20-47-34(43)25(3)21-28(32(40)37-35(4,5)24-48(44,45)46)22-27-16-15-17-29(27)30(33(41)42)23-26(9-2)31(36)39/h25-30H,8-24H2,1-7H3,(H4-,36,37,39,40,41,42,44,45,46)/p+1. The summed E-state index contributed by atoms with van der Waals surface area (Å²) in [4.78, 5) is 51.2. The minimum Gasteiger partial charge on any atom is -0.481 e. The van der Waals surface area contributed by atoms with Crippen molar-refractivity contribution >= 4 is 33.9 Å². The first-order valence-electron chi connectivity index (χ1n) is 18.0. The third-order valence-electron chi connectivity index (χ3n) is 10.0. The van der Waals surface area contributed by atoms with Crippen LogP contribution in [0.3, 0.4) is 0 Å². The molecule has 0 spiro atoms. The van der Waals surface area contributed by atoms with E-state index in [2.05, 4.69) is 26.3 Å². The molecule has 1 aliphatic rings. The number of carbonyl (C=O) groups excluding carboxylic acids is 3. The summed E-state index contributed by atoms with van der Waals surface area (Å²) < 4.78 is 39.1. The van der Waals surface area contributed by atoms with Crippen molar-refractivity contribution in [1.29, 1.82) is 0 Å². The van der Waals surface area contributed by atoms with Crippen LogP contribution in [0, 0.1) is 35.5 Å². The number of amides is 2. The quantitative estimate of drug-likeness (QED) is 0.0448. The summed E-state index contributed by atoms with van der Waals surface area (Å²) in [5, 5.41) is 12.9. The lowest BCUT2D eigenvalue weighted by Crippen LogP contribution is -2.51. The van der Waals surface area contributed by atoms with Gasteiger partial charge < -0.3 is 25.4 Å². The van der Waals surface area contributed by atoms with Crippen molar-refractivity contribution in [3.63, 3.8) is 0 Å². The predicted molar refractivity (Wildman–Crippen MR) is 186 cm³/mol. The predicted octanol–water partition coefficient (Wildman–Crippen LogP) is 4.80. The van der Waals surface area contributed by atoms with Gasteiger partial charge in [-0.2, -0.15) is 8.42 Å². The lowest BCUT2D eigenvalue weighted by molar-refractivity contribution is -0.890. The van der Waals surface area contributed by atoms with E-state index in [1.807, 2.05) is 0 Å². The van der Waals surface area contributed by atoms with Crippen LogP contribution in [-0.4, -0.2) is 91.4 Å². The Morgan fingerprint density at radius 2 is 1.60 bits per heavy atom. The van der Waals surface area contributed by atoms with Gasteiger partial charge in [0.2, 0.25) is 11.8 Å². The molecule has 1 aliphatic carbocycles. The van der Waals surface area contributed by atoms with Crippen LogP contribution in [-0.2, 0) is 34.0 Å². The van der Waals surface area contributed by atoms with Crippen molar-refractivity contribution in [1.82, 2.24) is 5.32 Å². The number of likely N-dealkylation sites (N-methyl/N-ethyl adjacent to an activating group) is 1. The molecule has 6 unspecified atom stereocenters. The minimum absolute atomic E-state index is 0.122. The van der Waals surface area contributed by atoms with Crippen molar-refractivity contribution in [2.45, 2.75) is 124 Å². The molecular weight excluding hydrogens is 638 g/mol. The molecule has 0 radical (unpaired) electrons. The zero-order chi connectivity index (χ0) is 36.7. The van der Waals surface area contributed by atoms with Gasteiger partial charge in [-0.1, -0.05) is 59.3 Å². The van der Waals surface area contributed by atoms with Crippen LogP contribution in [0.2, 0.25) is 0 Å². The molecule has 13 heteroatoms. The van der Waals surface area contributed by atoms with Crippen LogP contribution in [0.1, 0.15) is 118 Å². The average molecular weight is 705 g/mol. The number of carboxylic acid groups (broad SMARTS) is 1. The molecule has 48 heavy (non-hydrogen) atoms. The number of rotatable bonds is 25. The first-order chi connectivity index (χ1) is 22.2. The first kappa shape index (κ1) is 43.8. The Morgan fingerprint density at radius 3 is 2.17 bits per heavy atom. The molecule has 6 atom stereocenters. The summed E-state index contributed by atoms with van der Waals surface area (Å²) >= 11 is 0. The van der Waals surface area contributed by atoms with E-state index in [1.165, 1.54) is 46.0 Å². The van der Waals surface area contributed by atoms with Crippen molar-refractivity contribution in [3.8, 4) is 0 Å². The number of carboxylic acids is 1. The highest BCUT2D eigenvalue weighted by atomic mass is 32.2. The fraction of sp³-hybridized carbons (Fsp3) is 0.886. The average Bonchev–Trinajstić information content (AvgIpc) is 3.40. The van der Waals surface area contributed by atoms with Gasteiger partial charge in [0, 0.05) is 11.8 Å². The van der Waals surface area contributed by atoms with E-state index in [4.69, 9.17) is 10.5 Å². The van der Waals surface area contributed by atoms with Gasteiger partial charge in [-0.25, -0.2) is 0 Å². The van der Waals surface area contributed by atoms with Crippen LogP contribution >= 0.6 is 0 Å². The van der Waals surface area contributed by atoms with Crippen molar-refractivity contribution in [3.05, 3.63) is 0 Å². The van der Waals surface area contributed by atoms with E-state index in [0.717, 1.165) is 23.9 Å². The monoisotopic (exact) mass is 704 g/mol. The molecule has 0 aromatic heterocycles. The highest BCUT2D eigenvalue weighted by Crippen LogP contribution is 2.44. The SMILES string of the molecule is CCCCCCCC[N+](C)(C)CCOC(=O)C(C)CC(CC1CCCC1C(CC(CC)C(N)=O)C(=O)O)C(=O)NC(C)(C)CS(=O)(=O)O. The second-order valence-electron chi connectivity index (χ2n) is 15.5. The van der Waals surface area contributed by atoms with E-state index in [9.17, 15) is 37.3 Å². The van der Waals surface area contributed by atoms with Crippen molar-refractivity contribution in [2.24, 2.45) is 41.2 Å². The molecule has 280 valence electrons. The normalized spacial score (nSPS) is 19.7. The molecular formula is C35H66N3O9S+. The molecule has 1 fully saturated rings. The third-order valence-corrected chi connectivity index (χ3v) is 11.1. The van der Waals surface area contributed by atoms with Crippen molar-refractivity contribution in [2.75, 3.05) is 39.5 Å². The maximum Gasteiger partial charge on any atom is 0.308 e. The van der Waals surface area contributed by atoms with Crippen LogP contribution in [0.5, 0.6) is 0 Å². The highest BCUT2D eigenvalue weighted by Gasteiger charge is 2.42. The Morgan fingerprint density at radius 1 is 0.979 bits per heavy atom. The fourth-order valence-electron chi connectivity index (χ4n) is 7.23. The molecule has 0 aromatic carbocycles. The molecule has 0 heterocycles. The van der Waals surface area contributed by atoms with E-state index in [1.54, 1.807) is 13.8 Å². The largest absolute Gasteiger partial charge is 0.481 e. The molecule has 0 aliphatic heterocycles. The number of nitrogens with zero attached hydrogens (tertiary/aromatic N) is 1. The van der Waals surface area contributed by atoms with Gasteiger partial charge in [-0.3, -0.25) is 23.7 Å². The zero-order valence-electron chi connectivity index (χ0n) is 30.7. The maximum atomic E-state index is 13.7. The molecule has 12 nitrogen and oxygen atoms in total. The summed E-state index contributed by atoms with van der Waals surface area (Å²) in [7, 11) is -0.155. The number of hydrogen-bond acceptors (Lipinski definition) is 7. The van der Waals surface area contributed by atoms with Crippen LogP contribution in [0.15, 0.2) is 0 Å². The van der Waals surface area contributed by atoms with Gasteiger partial charge in [-0.05, 0) is 70.6 Å². The number of nitrogens with two attached hydrogens (primary N) is 1. The Kier molecular flexibility index (Phi) is 18.6. The summed E-state index contributed by atoms with van der Waals surface area (Å²) in [5.74, 6) is -6.35. The van der Waals surface area contributed by atoms with E-state index in [0.29, 0.717) is 25.8 Å². The Bertz CT molecular complexity index is 1140. The second kappa shape index (κ2) is 20.4. The third kappa shape index (κ3) is 16.9. The van der Waals surface area contributed by atoms with Gasteiger partial charge in [0.15, 0.2) is 0 Å². The van der Waals surface area contributed by atoms with Gasteiger partial charge in [-0.15, -0.1) is 0 Å². The molecule has 5 N–H and O–H groups in total. The van der Waals surface area contributed by atoms with E-state index >= 15 is 0 Å². The van der Waals surface area contributed by atoms with Gasteiger partial charge >= 0.3 is 11.9 Å². The molecule has 0 aromatic rings. The Hall–Kier alpha value is -2.25. The summed E-state index contributed by atoms with van der Waals surface area (Å²) in [5.41, 5.74) is 4.25. The van der Waals surface area contributed by atoms with E-state index in [-0.39, 0.29) is 37.7 Å². The molecule has 1 saturated carbocycles. The van der Waals surface area contributed by atoms with Crippen LogP contribution in [0.4, 0.5) is 0 Å².